The van der Waals surface area contributed by atoms with Crippen molar-refractivity contribution in [2.45, 2.75) is 6.92 Å². The molecule has 3 N–H and O–H groups in total. The minimum Gasteiger partial charge on any atom is -0.389 e. The summed E-state index contributed by atoms with van der Waals surface area (Å²) in [6, 6.07) is 6.18. The number of thiocarbonyl (C=S) groups is 1. The molecule has 0 aliphatic rings. The molecule has 1 heterocycles. The van der Waals surface area contributed by atoms with Crippen molar-refractivity contribution in [1.29, 1.82) is 0 Å². The summed E-state index contributed by atoms with van der Waals surface area (Å²) in [5.41, 5.74) is 7.84. The molecule has 0 saturated heterocycles. The van der Waals surface area contributed by atoms with Gasteiger partial charge in [-0.3, -0.25) is 0 Å². The number of nitrogens with zero attached hydrogens (tertiary/aromatic N) is 1. The van der Waals surface area contributed by atoms with Gasteiger partial charge >= 0.3 is 0 Å². The van der Waals surface area contributed by atoms with Crippen molar-refractivity contribution in [2.24, 2.45) is 5.73 Å². The maximum absolute atomic E-state index is 13.3. The first-order valence-electron chi connectivity index (χ1n) is 5.46. The predicted molar refractivity (Wildman–Crippen MR) is 82.2 cm³/mol. The van der Waals surface area contributed by atoms with Crippen LogP contribution in [0.1, 0.15) is 11.1 Å². The predicted octanol–water partition coefficient (Wildman–Crippen LogP) is 3.67. The van der Waals surface area contributed by atoms with Crippen LogP contribution in [0.5, 0.6) is 0 Å². The maximum Gasteiger partial charge on any atom is 0.140 e. The molecule has 0 spiro atoms. The van der Waals surface area contributed by atoms with Crippen LogP contribution in [0.25, 0.3) is 0 Å². The van der Waals surface area contributed by atoms with Crippen LogP contribution in [-0.4, -0.2) is 9.97 Å². The number of hydrogen-bond donors (Lipinski definition) is 2. The Bertz CT molecular complexity index is 646. The van der Waals surface area contributed by atoms with E-state index < -0.39 is 0 Å². The van der Waals surface area contributed by atoms with E-state index in [1.807, 2.05) is 13.0 Å². The molecule has 3 nitrogen and oxygen atoms in total. The van der Waals surface area contributed by atoms with Crippen molar-refractivity contribution in [3.05, 3.63) is 51.9 Å². The molecular formula is C13H11BrFN3S. The van der Waals surface area contributed by atoms with Gasteiger partial charge in [0.25, 0.3) is 0 Å². The second-order valence-electron chi connectivity index (χ2n) is 3.96. The zero-order valence-corrected chi connectivity index (χ0v) is 12.5. The second kappa shape index (κ2) is 5.63. The lowest BCUT2D eigenvalue weighted by Gasteiger charge is -2.13. The zero-order chi connectivity index (χ0) is 14.0. The molecule has 0 saturated carbocycles. The van der Waals surface area contributed by atoms with E-state index in [9.17, 15) is 4.39 Å². The van der Waals surface area contributed by atoms with Crippen LogP contribution < -0.4 is 11.1 Å². The molecule has 0 amide bonds. The third-order valence-electron chi connectivity index (χ3n) is 2.59. The number of halogens is 2. The highest BCUT2D eigenvalue weighted by Crippen LogP contribution is 2.28. The lowest BCUT2D eigenvalue weighted by Crippen LogP contribution is -2.15. The van der Waals surface area contributed by atoms with E-state index >= 15 is 0 Å². The Morgan fingerprint density at radius 2 is 2.16 bits per heavy atom. The van der Waals surface area contributed by atoms with E-state index in [2.05, 4.69) is 26.2 Å². The fourth-order valence-corrected chi connectivity index (χ4v) is 2.29. The van der Waals surface area contributed by atoms with E-state index in [-0.39, 0.29) is 10.8 Å². The van der Waals surface area contributed by atoms with Gasteiger partial charge in [0.05, 0.1) is 11.3 Å². The van der Waals surface area contributed by atoms with Crippen LogP contribution in [0.15, 0.2) is 34.9 Å². The standard InChI is InChI=1S/C13H11BrFN3S/c1-7-4-5-17-13(11(7)12(16)19)18-10-6-8(15)2-3-9(10)14/h2-6H,1H3,(H2,16,19)(H,17,18). The van der Waals surface area contributed by atoms with Gasteiger partial charge in [-0.25, -0.2) is 9.37 Å². The van der Waals surface area contributed by atoms with E-state index in [0.717, 1.165) is 10.0 Å². The van der Waals surface area contributed by atoms with Gasteiger partial charge in [0.1, 0.15) is 16.6 Å². The molecule has 0 bridgehead atoms. The molecule has 19 heavy (non-hydrogen) atoms. The van der Waals surface area contributed by atoms with Crippen LogP contribution in [0.2, 0.25) is 0 Å². The molecule has 1 aromatic heterocycles. The summed E-state index contributed by atoms with van der Waals surface area (Å²) in [5.74, 6) is 0.175. The molecule has 98 valence electrons. The third kappa shape index (κ3) is 3.08. The van der Waals surface area contributed by atoms with Crippen LogP contribution in [0.4, 0.5) is 15.9 Å². The molecule has 0 fully saturated rings. The van der Waals surface area contributed by atoms with Crippen molar-refractivity contribution >= 4 is 44.6 Å². The number of aromatic nitrogens is 1. The third-order valence-corrected chi connectivity index (χ3v) is 3.48. The number of hydrogen-bond acceptors (Lipinski definition) is 3. The highest BCUT2D eigenvalue weighted by molar-refractivity contribution is 9.10. The number of nitrogens with two attached hydrogens (primary N) is 1. The minimum atomic E-state index is -0.338. The summed E-state index contributed by atoms with van der Waals surface area (Å²) in [7, 11) is 0. The van der Waals surface area contributed by atoms with Gasteiger partial charge in [-0.1, -0.05) is 12.2 Å². The van der Waals surface area contributed by atoms with Gasteiger partial charge < -0.3 is 11.1 Å². The van der Waals surface area contributed by atoms with Gasteiger partial charge in [-0.15, -0.1) is 0 Å². The Morgan fingerprint density at radius 1 is 1.42 bits per heavy atom. The Balaban J connectivity index is 2.46. The Labute approximate surface area is 124 Å². The normalized spacial score (nSPS) is 10.3. The summed E-state index contributed by atoms with van der Waals surface area (Å²) >= 11 is 8.37. The quantitative estimate of drug-likeness (QED) is 0.837. The Morgan fingerprint density at radius 3 is 2.84 bits per heavy atom. The average molecular weight is 340 g/mol. The summed E-state index contributed by atoms with van der Waals surface area (Å²) in [4.78, 5) is 4.46. The SMILES string of the molecule is Cc1ccnc(Nc2cc(F)ccc2Br)c1C(N)=S. The van der Waals surface area contributed by atoms with Gasteiger partial charge in [0, 0.05) is 10.7 Å². The smallest absolute Gasteiger partial charge is 0.140 e. The highest BCUT2D eigenvalue weighted by Gasteiger charge is 2.11. The van der Waals surface area contributed by atoms with Crippen LogP contribution in [0, 0.1) is 12.7 Å². The largest absolute Gasteiger partial charge is 0.389 e. The molecule has 0 unspecified atom stereocenters. The number of rotatable bonds is 3. The number of benzene rings is 1. The first-order chi connectivity index (χ1) is 8.99. The fourth-order valence-electron chi connectivity index (χ4n) is 1.68. The number of aryl methyl sites for hydroxylation is 1. The lowest BCUT2D eigenvalue weighted by molar-refractivity contribution is 0.628. The summed E-state index contributed by atoms with van der Waals surface area (Å²) < 4.78 is 14.0. The molecule has 0 radical (unpaired) electrons. The van der Waals surface area contributed by atoms with Gasteiger partial charge in [-0.05, 0) is 52.7 Å². The topological polar surface area (TPSA) is 50.9 Å². The number of nitrogens with one attached hydrogen (secondary N) is 1. The molecule has 2 rings (SSSR count). The van der Waals surface area contributed by atoms with E-state index in [0.29, 0.717) is 17.1 Å². The van der Waals surface area contributed by atoms with E-state index in [1.165, 1.54) is 12.1 Å². The van der Waals surface area contributed by atoms with Crippen molar-refractivity contribution in [3.63, 3.8) is 0 Å². The summed E-state index contributed by atoms with van der Waals surface area (Å²) in [6.07, 6.45) is 1.65. The van der Waals surface area contributed by atoms with Gasteiger partial charge in [0.15, 0.2) is 0 Å². The van der Waals surface area contributed by atoms with Crippen molar-refractivity contribution in [1.82, 2.24) is 4.98 Å². The van der Waals surface area contributed by atoms with Gasteiger partial charge in [-0.2, -0.15) is 0 Å². The zero-order valence-electron chi connectivity index (χ0n) is 10.1. The lowest BCUT2D eigenvalue weighted by atomic mass is 10.1. The number of anilines is 2. The van der Waals surface area contributed by atoms with Crippen LogP contribution in [0.3, 0.4) is 0 Å². The van der Waals surface area contributed by atoms with E-state index in [1.54, 1.807) is 12.3 Å². The molecule has 2 aromatic rings. The van der Waals surface area contributed by atoms with Gasteiger partial charge in [0.2, 0.25) is 0 Å². The van der Waals surface area contributed by atoms with Crippen LogP contribution in [-0.2, 0) is 0 Å². The fraction of sp³-hybridized carbons (Fsp3) is 0.0769. The number of pyridine rings is 1. The highest BCUT2D eigenvalue weighted by atomic mass is 79.9. The first-order valence-corrected chi connectivity index (χ1v) is 6.66. The molecule has 0 aliphatic heterocycles. The summed E-state index contributed by atoms with van der Waals surface area (Å²) in [6.45, 7) is 1.89. The molecule has 1 aromatic carbocycles. The summed E-state index contributed by atoms with van der Waals surface area (Å²) in [5, 5.41) is 3.04. The van der Waals surface area contributed by atoms with Crippen LogP contribution >= 0.6 is 28.1 Å². The first kappa shape index (κ1) is 13.9. The maximum atomic E-state index is 13.3. The Hall–Kier alpha value is -1.53. The van der Waals surface area contributed by atoms with Crippen molar-refractivity contribution in [2.75, 3.05) is 5.32 Å². The molecule has 0 atom stereocenters. The Kier molecular flexibility index (Phi) is 4.11. The molecular weight excluding hydrogens is 329 g/mol. The second-order valence-corrected chi connectivity index (χ2v) is 5.26. The monoisotopic (exact) mass is 339 g/mol. The van der Waals surface area contributed by atoms with Crippen molar-refractivity contribution < 1.29 is 4.39 Å². The molecule has 0 aliphatic carbocycles. The van der Waals surface area contributed by atoms with E-state index in [4.69, 9.17) is 18.0 Å². The average Bonchev–Trinajstić information content (AvgIpc) is 2.33. The minimum absolute atomic E-state index is 0.251. The van der Waals surface area contributed by atoms with Crippen molar-refractivity contribution in [3.8, 4) is 0 Å². The molecule has 6 heteroatoms.